The lowest BCUT2D eigenvalue weighted by atomic mass is 9.72. The minimum atomic E-state index is -0.574. The number of nitrogens with zero attached hydrogens (tertiary/aromatic N) is 1. The fourth-order valence-corrected chi connectivity index (χ4v) is 3.70. The topological polar surface area (TPSA) is 40.5 Å². The van der Waals surface area contributed by atoms with Gasteiger partial charge in [0.2, 0.25) is 0 Å². The van der Waals surface area contributed by atoms with E-state index in [2.05, 4.69) is 11.8 Å². The largest absolute Gasteiger partial charge is 0.480 e. The van der Waals surface area contributed by atoms with Crippen molar-refractivity contribution in [2.45, 2.75) is 51.0 Å². The second-order valence-corrected chi connectivity index (χ2v) is 6.39. The molecule has 3 fully saturated rings. The highest BCUT2D eigenvalue weighted by Gasteiger charge is 2.60. The third kappa shape index (κ3) is 1.41. The summed E-state index contributed by atoms with van der Waals surface area (Å²) in [7, 11) is 0. The minimum absolute atomic E-state index is 0.508. The standard InChI is InChI=1S/C13H21NO2/c1-10-3-2-4-13(7-10,11(15)16)14-8-12(9-14)5-6-12/h10H,2-9H2,1H3,(H,15,16). The van der Waals surface area contributed by atoms with Crippen LogP contribution in [0.2, 0.25) is 0 Å². The van der Waals surface area contributed by atoms with Crippen molar-refractivity contribution in [2.75, 3.05) is 13.1 Å². The van der Waals surface area contributed by atoms with Gasteiger partial charge in [-0.1, -0.05) is 19.8 Å². The Morgan fingerprint density at radius 3 is 2.50 bits per heavy atom. The number of likely N-dealkylation sites (tertiary alicyclic amines) is 1. The van der Waals surface area contributed by atoms with E-state index in [1.807, 2.05) is 0 Å². The van der Waals surface area contributed by atoms with E-state index in [1.54, 1.807) is 0 Å². The predicted octanol–water partition coefficient (Wildman–Crippen LogP) is 2.12. The van der Waals surface area contributed by atoms with E-state index in [4.69, 9.17) is 0 Å². The number of hydrogen-bond acceptors (Lipinski definition) is 2. The van der Waals surface area contributed by atoms with Crippen LogP contribution in [0, 0.1) is 11.3 Å². The quantitative estimate of drug-likeness (QED) is 0.779. The molecule has 3 aliphatic rings. The van der Waals surface area contributed by atoms with Crippen LogP contribution in [0.3, 0.4) is 0 Å². The molecule has 0 aromatic carbocycles. The van der Waals surface area contributed by atoms with Gasteiger partial charge >= 0.3 is 5.97 Å². The van der Waals surface area contributed by atoms with Gasteiger partial charge in [-0.05, 0) is 37.0 Å². The van der Waals surface area contributed by atoms with Gasteiger partial charge in [-0.15, -0.1) is 0 Å². The van der Waals surface area contributed by atoms with Crippen LogP contribution in [0.25, 0.3) is 0 Å². The zero-order valence-corrected chi connectivity index (χ0v) is 10.0. The van der Waals surface area contributed by atoms with Crippen molar-refractivity contribution >= 4 is 5.97 Å². The molecule has 3 nitrogen and oxygen atoms in total. The predicted molar refractivity (Wildman–Crippen MR) is 61.2 cm³/mol. The zero-order valence-electron chi connectivity index (χ0n) is 10.0. The van der Waals surface area contributed by atoms with Gasteiger partial charge in [-0.25, -0.2) is 0 Å². The normalized spacial score (nSPS) is 41.7. The Labute approximate surface area is 96.8 Å². The van der Waals surface area contributed by atoms with Crippen molar-refractivity contribution in [3.8, 4) is 0 Å². The van der Waals surface area contributed by atoms with Gasteiger partial charge in [0.25, 0.3) is 0 Å². The Morgan fingerprint density at radius 1 is 1.31 bits per heavy atom. The fraction of sp³-hybridized carbons (Fsp3) is 0.923. The zero-order chi connectivity index (χ0) is 11.4. The van der Waals surface area contributed by atoms with E-state index in [9.17, 15) is 9.90 Å². The molecule has 0 aromatic heterocycles. The molecule has 1 N–H and O–H groups in total. The third-order valence-corrected chi connectivity index (χ3v) is 4.99. The van der Waals surface area contributed by atoms with Crippen LogP contribution in [0.5, 0.6) is 0 Å². The molecule has 1 heterocycles. The van der Waals surface area contributed by atoms with Crippen molar-refractivity contribution in [3.05, 3.63) is 0 Å². The first kappa shape index (κ1) is 10.6. The van der Waals surface area contributed by atoms with Gasteiger partial charge < -0.3 is 5.11 Å². The van der Waals surface area contributed by atoms with E-state index in [1.165, 1.54) is 19.3 Å². The molecule has 0 bridgehead atoms. The van der Waals surface area contributed by atoms with E-state index in [-0.39, 0.29) is 0 Å². The number of carbonyl (C=O) groups is 1. The van der Waals surface area contributed by atoms with E-state index < -0.39 is 11.5 Å². The highest BCUT2D eigenvalue weighted by molar-refractivity contribution is 5.79. The number of carboxylic acid groups (broad SMARTS) is 1. The summed E-state index contributed by atoms with van der Waals surface area (Å²) < 4.78 is 0. The molecular weight excluding hydrogens is 202 g/mol. The second kappa shape index (κ2) is 3.22. The first-order valence-corrected chi connectivity index (χ1v) is 6.55. The first-order valence-electron chi connectivity index (χ1n) is 6.55. The van der Waals surface area contributed by atoms with Gasteiger partial charge in [0.15, 0.2) is 0 Å². The number of carboxylic acids is 1. The van der Waals surface area contributed by atoms with Crippen LogP contribution < -0.4 is 0 Å². The third-order valence-electron chi connectivity index (χ3n) is 4.99. The summed E-state index contributed by atoms with van der Waals surface area (Å²) in [6.45, 7) is 4.29. The van der Waals surface area contributed by atoms with Crippen LogP contribution in [0.1, 0.15) is 45.4 Å². The number of hydrogen-bond donors (Lipinski definition) is 1. The van der Waals surface area contributed by atoms with Crippen LogP contribution in [-0.2, 0) is 4.79 Å². The van der Waals surface area contributed by atoms with Gasteiger partial charge in [0, 0.05) is 13.1 Å². The number of aliphatic carboxylic acids is 1. The molecular formula is C13H21NO2. The Kier molecular flexibility index (Phi) is 2.13. The summed E-state index contributed by atoms with van der Waals surface area (Å²) >= 11 is 0. The highest BCUT2D eigenvalue weighted by Crippen LogP contribution is 2.56. The van der Waals surface area contributed by atoms with Crippen LogP contribution in [-0.4, -0.2) is 34.6 Å². The summed E-state index contributed by atoms with van der Waals surface area (Å²) in [4.78, 5) is 13.9. The van der Waals surface area contributed by atoms with Gasteiger partial charge in [0.05, 0.1) is 0 Å². The van der Waals surface area contributed by atoms with Crippen LogP contribution in [0.4, 0.5) is 0 Å². The van der Waals surface area contributed by atoms with Crippen molar-refractivity contribution in [1.29, 1.82) is 0 Å². The summed E-state index contributed by atoms with van der Waals surface area (Å²) in [6, 6.07) is 0. The smallest absolute Gasteiger partial charge is 0.324 e. The lowest BCUT2D eigenvalue weighted by molar-refractivity contribution is -0.163. The molecule has 2 aliphatic carbocycles. The van der Waals surface area contributed by atoms with Crippen molar-refractivity contribution < 1.29 is 9.90 Å². The molecule has 3 heteroatoms. The van der Waals surface area contributed by atoms with Crippen molar-refractivity contribution in [3.63, 3.8) is 0 Å². The van der Waals surface area contributed by atoms with E-state index in [0.29, 0.717) is 11.3 Å². The molecule has 90 valence electrons. The SMILES string of the molecule is CC1CCCC(C(=O)O)(N2CC3(CC3)C2)C1. The second-order valence-electron chi connectivity index (χ2n) is 6.39. The Bertz CT molecular complexity index is 316. The van der Waals surface area contributed by atoms with Gasteiger partial charge in [0.1, 0.15) is 5.54 Å². The van der Waals surface area contributed by atoms with Crippen LogP contribution in [0.15, 0.2) is 0 Å². The van der Waals surface area contributed by atoms with Crippen LogP contribution >= 0.6 is 0 Å². The molecule has 16 heavy (non-hydrogen) atoms. The molecule has 1 saturated heterocycles. The summed E-state index contributed by atoms with van der Waals surface area (Å²) in [5.41, 5.74) is 0.0502. The molecule has 0 amide bonds. The molecule has 2 atom stereocenters. The maximum atomic E-state index is 11.6. The van der Waals surface area contributed by atoms with E-state index >= 15 is 0 Å². The highest BCUT2D eigenvalue weighted by atomic mass is 16.4. The monoisotopic (exact) mass is 223 g/mol. The molecule has 3 rings (SSSR count). The maximum Gasteiger partial charge on any atom is 0.324 e. The summed E-state index contributed by atoms with van der Waals surface area (Å²) in [5.74, 6) is -0.00449. The number of rotatable bonds is 2. The Morgan fingerprint density at radius 2 is 2.00 bits per heavy atom. The molecule has 2 unspecified atom stereocenters. The molecule has 1 aliphatic heterocycles. The summed E-state index contributed by atoms with van der Waals surface area (Å²) in [6.07, 6.45) is 6.66. The molecule has 0 aromatic rings. The lowest BCUT2D eigenvalue weighted by Gasteiger charge is -2.53. The summed E-state index contributed by atoms with van der Waals surface area (Å²) in [5, 5.41) is 9.59. The molecule has 1 spiro atoms. The minimum Gasteiger partial charge on any atom is -0.480 e. The van der Waals surface area contributed by atoms with Gasteiger partial charge in [-0.3, -0.25) is 9.69 Å². The van der Waals surface area contributed by atoms with Gasteiger partial charge in [-0.2, -0.15) is 0 Å². The Hall–Kier alpha value is -0.570. The average molecular weight is 223 g/mol. The molecule has 2 saturated carbocycles. The Balaban J connectivity index is 1.77. The first-order chi connectivity index (χ1) is 7.56. The van der Waals surface area contributed by atoms with E-state index in [0.717, 1.165) is 32.4 Å². The molecule has 0 radical (unpaired) electrons. The average Bonchev–Trinajstić information content (AvgIpc) is 2.94. The fourth-order valence-electron chi connectivity index (χ4n) is 3.70. The van der Waals surface area contributed by atoms with Crippen molar-refractivity contribution in [1.82, 2.24) is 4.90 Å². The maximum absolute atomic E-state index is 11.6. The van der Waals surface area contributed by atoms with Crippen molar-refractivity contribution in [2.24, 2.45) is 11.3 Å². The lowest BCUT2D eigenvalue weighted by Crippen LogP contribution is -2.65.